The van der Waals surface area contributed by atoms with Crippen molar-refractivity contribution in [2.75, 3.05) is 65.8 Å². The first kappa shape index (κ1) is 26.1. The lowest BCUT2D eigenvalue weighted by molar-refractivity contribution is 0.0389. The van der Waals surface area contributed by atoms with Gasteiger partial charge in [-0.25, -0.2) is 4.99 Å². The fraction of sp³-hybridized carbons (Fsp3) is 0.667. The summed E-state index contributed by atoms with van der Waals surface area (Å²) in [5, 5.41) is 6.74. The molecular weight excluding hydrogens is 483 g/mol. The van der Waals surface area contributed by atoms with Crippen LogP contribution in [-0.2, 0) is 27.4 Å². The third kappa shape index (κ3) is 11.7. The molecule has 0 amide bonds. The lowest BCUT2D eigenvalue weighted by atomic mass is 10.1. The van der Waals surface area contributed by atoms with Crippen LogP contribution in [0.25, 0.3) is 0 Å². The quantitative estimate of drug-likeness (QED) is 0.191. The van der Waals surface area contributed by atoms with Gasteiger partial charge in [-0.1, -0.05) is 24.3 Å². The Morgan fingerprint density at radius 2 is 1.86 bits per heavy atom. The molecule has 7 nitrogen and oxygen atoms in total. The van der Waals surface area contributed by atoms with Crippen LogP contribution in [0.3, 0.4) is 0 Å². The third-order valence-corrected chi connectivity index (χ3v) is 4.42. The molecule has 0 saturated carbocycles. The molecule has 0 aromatic heterocycles. The minimum Gasteiger partial charge on any atom is -0.379 e. The summed E-state index contributed by atoms with van der Waals surface area (Å²) in [6, 6.07) is 8.40. The fourth-order valence-corrected chi connectivity index (χ4v) is 2.94. The number of hydrogen-bond acceptors (Lipinski definition) is 5. The summed E-state index contributed by atoms with van der Waals surface area (Å²) in [6.07, 6.45) is 0. The second-order valence-electron chi connectivity index (χ2n) is 6.65. The number of guanidine groups is 1. The molecule has 0 spiro atoms. The average molecular weight is 520 g/mol. The molecule has 166 valence electrons. The van der Waals surface area contributed by atoms with E-state index in [1.807, 2.05) is 6.92 Å². The molecule has 1 aliphatic heterocycles. The third-order valence-electron chi connectivity index (χ3n) is 4.42. The Labute approximate surface area is 192 Å². The number of nitrogens with one attached hydrogen (secondary N) is 2. The first-order valence-electron chi connectivity index (χ1n) is 10.4. The minimum atomic E-state index is 0. The predicted octanol–water partition coefficient (Wildman–Crippen LogP) is 2.25. The molecule has 1 fully saturated rings. The Morgan fingerprint density at radius 3 is 2.62 bits per heavy atom. The number of morpholine rings is 1. The molecular formula is C21H37IN4O3. The van der Waals surface area contributed by atoms with Gasteiger partial charge in [-0.15, -0.1) is 24.0 Å². The van der Waals surface area contributed by atoms with E-state index < -0.39 is 0 Å². The number of ether oxygens (including phenoxy) is 3. The zero-order valence-electron chi connectivity index (χ0n) is 17.8. The van der Waals surface area contributed by atoms with Gasteiger partial charge >= 0.3 is 0 Å². The van der Waals surface area contributed by atoms with Gasteiger partial charge < -0.3 is 24.8 Å². The molecule has 0 unspecified atom stereocenters. The van der Waals surface area contributed by atoms with E-state index in [4.69, 9.17) is 19.2 Å². The van der Waals surface area contributed by atoms with Crippen molar-refractivity contribution in [1.82, 2.24) is 15.5 Å². The molecule has 1 heterocycles. The van der Waals surface area contributed by atoms with Crippen LogP contribution in [0, 0.1) is 0 Å². The van der Waals surface area contributed by atoms with E-state index in [0.717, 1.165) is 64.1 Å². The highest BCUT2D eigenvalue weighted by molar-refractivity contribution is 14.0. The van der Waals surface area contributed by atoms with E-state index in [1.54, 1.807) is 0 Å². The SMILES string of the molecule is CCNC(=NCc1cccc(COCCOCC)c1)NCCN1CCOCC1.I. The number of nitrogens with zero attached hydrogens (tertiary/aromatic N) is 2. The van der Waals surface area contributed by atoms with Gasteiger partial charge in [-0.05, 0) is 25.0 Å². The molecule has 1 aliphatic rings. The molecule has 0 aliphatic carbocycles. The number of halogens is 1. The lowest BCUT2D eigenvalue weighted by Gasteiger charge is -2.26. The van der Waals surface area contributed by atoms with E-state index in [9.17, 15) is 0 Å². The Hall–Kier alpha value is -0.940. The molecule has 1 aromatic carbocycles. The van der Waals surface area contributed by atoms with Gasteiger partial charge in [-0.3, -0.25) is 4.90 Å². The van der Waals surface area contributed by atoms with Crippen molar-refractivity contribution in [3.05, 3.63) is 35.4 Å². The lowest BCUT2D eigenvalue weighted by Crippen LogP contribution is -2.44. The van der Waals surface area contributed by atoms with Crippen LogP contribution in [0.2, 0.25) is 0 Å². The van der Waals surface area contributed by atoms with Crippen molar-refractivity contribution in [2.45, 2.75) is 27.0 Å². The zero-order chi connectivity index (χ0) is 19.9. The van der Waals surface area contributed by atoms with E-state index in [2.05, 4.69) is 46.7 Å². The van der Waals surface area contributed by atoms with Crippen molar-refractivity contribution in [2.24, 2.45) is 4.99 Å². The molecule has 8 heteroatoms. The van der Waals surface area contributed by atoms with Crippen LogP contribution in [0.1, 0.15) is 25.0 Å². The number of rotatable bonds is 12. The predicted molar refractivity (Wildman–Crippen MR) is 128 cm³/mol. The second kappa shape index (κ2) is 16.8. The van der Waals surface area contributed by atoms with Gasteiger partial charge in [0, 0.05) is 39.3 Å². The van der Waals surface area contributed by atoms with Crippen LogP contribution >= 0.6 is 24.0 Å². The van der Waals surface area contributed by atoms with E-state index in [0.29, 0.717) is 26.4 Å². The van der Waals surface area contributed by atoms with Crippen LogP contribution in [0.15, 0.2) is 29.3 Å². The Balaban J connectivity index is 0.00000420. The second-order valence-corrected chi connectivity index (χ2v) is 6.65. The highest BCUT2D eigenvalue weighted by Crippen LogP contribution is 2.08. The minimum absolute atomic E-state index is 0. The summed E-state index contributed by atoms with van der Waals surface area (Å²) in [6.45, 7) is 13.7. The van der Waals surface area contributed by atoms with E-state index in [1.165, 1.54) is 5.56 Å². The molecule has 29 heavy (non-hydrogen) atoms. The Bertz CT molecular complexity index is 569. The molecule has 2 N–H and O–H groups in total. The van der Waals surface area contributed by atoms with Crippen molar-refractivity contribution < 1.29 is 14.2 Å². The largest absolute Gasteiger partial charge is 0.379 e. The topological polar surface area (TPSA) is 67.4 Å². The number of aliphatic imine (C=N–C) groups is 1. The van der Waals surface area contributed by atoms with Gasteiger partial charge in [0.2, 0.25) is 0 Å². The summed E-state index contributed by atoms with van der Waals surface area (Å²) in [5.41, 5.74) is 2.34. The first-order chi connectivity index (χ1) is 13.8. The van der Waals surface area contributed by atoms with E-state index in [-0.39, 0.29) is 24.0 Å². The molecule has 1 saturated heterocycles. The smallest absolute Gasteiger partial charge is 0.191 e. The first-order valence-corrected chi connectivity index (χ1v) is 10.4. The summed E-state index contributed by atoms with van der Waals surface area (Å²) in [7, 11) is 0. The monoisotopic (exact) mass is 520 g/mol. The van der Waals surface area contributed by atoms with Gasteiger partial charge in [0.15, 0.2) is 5.96 Å². The van der Waals surface area contributed by atoms with Crippen LogP contribution in [-0.4, -0.2) is 76.6 Å². The van der Waals surface area contributed by atoms with Crippen molar-refractivity contribution in [3.63, 3.8) is 0 Å². The standard InChI is InChI=1S/C21H36N4O3.HI/c1-3-22-21(23-8-9-25-10-12-27-13-11-25)24-17-19-6-5-7-20(16-19)18-28-15-14-26-4-2;/h5-7,16H,3-4,8-15,17-18H2,1-2H3,(H2,22,23,24);1H. The van der Waals surface area contributed by atoms with Gasteiger partial charge in [-0.2, -0.15) is 0 Å². The van der Waals surface area contributed by atoms with Crippen molar-refractivity contribution >= 4 is 29.9 Å². The molecule has 0 bridgehead atoms. The highest BCUT2D eigenvalue weighted by Gasteiger charge is 2.09. The molecule has 0 atom stereocenters. The van der Waals surface area contributed by atoms with Gasteiger partial charge in [0.05, 0.1) is 39.6 Å². The van der Waals surface area contributed by atoms with Gasteiger partial charge in [0.1, 0.15) is 0 Å². The maximum atomic E-state index is 5.65. The Morgan fingerprint density at radius 1 is 1.10 bits per heavy atom. The maximum absolute atomic E-state index is 5.65. The van der Waals surface area contributed by atoms with Crippen LogP contribution in [0.5, 0.6) is 0 Å². The van der Waals surface area contributed by atoms with Crippen LogP contribution in [0.4, 0.5) is 0 Å². The summed E-state index contributed by atoms with van der Waals surface area (Å²) in [4.78, 5) is 7.13. The molecule has 1 aromatic rings. The number of benzene rings is 1. The maximum Gasteiger partial charge on any atom is 0.191 e. The summed E-state index contributed by atoms with van der Waals surface area (Å²) < 4.78 is 16.3. The molecule has 0 radical (unpaired) electrons. The van der Waals surface area contributed by atoms with Crippen molar-refractivity contribution in [1.29, 1.82) is 0 Å². The fourth-order valence-electron chi connectivity index (χ4n) is 2.94. The summed E-state index contributed by atoms with van der Waals surface area (Å²) in [5.74, 6) is 0.856. The molecule has 2 rings (SSSR count). The zero-order valence-corrected chi connectivity index (χ0v) is 20.2. The van der Waals surface area contributed by atoms with Crippen molar-refractivity contribution in [3.8, 4) is 0 Å². The number of hydrogen-bond donors (Lipinski definition) is 2. The normalized spacial score (nSPS) is 15.0. The van der Waals surface area contributed by atoms with E-state index >= 15 is 0 Å². The van der Waals surface area contributed by atoms with Gasteiger partial charge in [0.25, 0.3) is 0 Å². The van der Waals surface area contributed by atoms with Crippen LogP contribution < -0.4 is 10.6 Å². The average Bonchev–Trinajstić information content (AvgIpc) is 2.73. The summed E-state index contributed by atoms with van der Waals surface area (Å²) >= 11 is 0. The Kier molecular flexibility index (Phi) is 15.1. The highest BCUT2D eigenvalue weighted by atomic mass is 127.